The molecule has 1 amide bonds. The van der Waals surface area contributed by atoms with Crippen LogP contribution in [0.4, 0.5) is 0 Å². The van der Waals surface area contributed by atoms with E-state index in [0.29, 0.717) is 24.4 Å². The van der Waals surface area contributed by atoms with Crippen LogP contribution in [0.5, 0.6) is 0 Å². The van der Waals surface area contributed by atoms with Gasteiger partial charge >= 0.3 is 5.97 Å². The molecule has 0 fully saturated rings. The van der Waals surface area contributed by atoms with E-state index in [2.05, 4.69) is 10.4 Å². The largest absolute Gasteiger partial charge is 0.451 e. The molecule has 7 nitrogen and oxygen atoms in total. The first kappa shape index (κ1) is 21.0. The molecule has 0 aliphatic carbocycles. The quantitative estimate of drug-likeness (QED) is 0.427. The number of hydrogen-bond acceptors (Lipinski definition) is 6. The van der Waals surface area contributed by atoms with Crippen molar-refractivity contribution in [3.05, 3.63) is 47.0 Å². The maximum atomic E-state index is 12.4. The molecule has 0 atom stereocenters. The Morgan fingerprint density at radius 3 is 2.72 bits per heavy atom. The summed E-state index contributed by atoms with van der Waals surface area (Å²) in [6, 6.07) is 11.5. The molecule has 8 heteroatoms. The third-order valence-corrected chi connectivity index (χ3v) is 5.27. The Morgan fingerprint density at radius 1 is 1.24 bits per heavy atom. The first-order valence-corrected chi connectivity index (χ1v) is 10.4. The topological polar surface area (TPSA) is 82.5 Å². The standard InChI is InChI=1S/C21H25N3O4S/c1-14(2)27-11-7-10-22-19(25)13-28-21(26)18-12-17-15(3)23-24(20(17)29-18)16-8-5-4-6-9-16/h4-6,8-9,12,14H,7,10-11,13H2,1-3H3,(H,22,25). The number of rotatable bonds is 9. The van der Waals surface area contributed by atoms with Gasteiger partial charge in [0.05, 0.1) is 17.5 Å². The minimum absolute atomic E-state index is 0.172. The Kier molecular flexibility index (Phi) is 7.00. The number of ether oxygens (including phenoxy) is 2. The van der Waals surface area contributed by atoms with Crippen LogP contribution in [0.15, 0.2) is 36.4 Å². The molecular formula is C21H25N3O4S. The smallest absolute Gasteiger partial charge is 0.348 e. The van der Waals surface area contributed by atoms with Crippen molar-refractivity contribution >= 4 is 33.4 Å². The van der Waals surface area contributed by atoms with E-state index in [-0.39, 0.29) is 18.6 Å². The average molecular weight is 416 g/mol. The van der Waals surface area contributed by atoms with E-state index in [4.69, 9.17) is 9.47 Å². The average Bonchev–Trinajstić information content (AvgIpc) is 3.27. The molecule has 0 saturated carbocycles. The molecule has 0 spiro atoms. The van der Waals surface area contributed by atoms with E-state index in [0.717, 1.165) is 21.6 Å². The van der Waals surface area contributed by atoms with E-state index in [9.17, 15) is 9.59 Å². The third kappa shape index (κ3) is 5.42. The fraction of sp³-hybridized carbons (Fsp3) is 0.381. The lowest BCUT2D eigenvalue weighted by atomic mass is 10.3. The molecule has 0 saturated heterocycles. The number of amides is 1. The molecule has 2 aromatic heterocycles. The van der Waals surface area contributed by atoms with Gasteiger partial charge < -0.3 is 14.8 Å². The van der Waals surface area contributed by atoms with Crippen LogP contribution in [0, 0.1) is 6.92 Å². The van der Waals surface area contributed by atoms with Crippen molar-refractivity contribution in [3.63, 3.8) is 0 Å². The molecule has 0 bridgehead atoms. The van der Waals surface area contributed by atoms with Crippen molar-refractivity contribution in [1.82, 2.24) is 15.1 Å². The van der Waals surface area contributed by atoms with Crippen LogP contribution in [-0.4, -0.2) is 47.5 Å². The van der Waals surface area contributed by atoms with Crippen molar-refractivity contribution in [2.75, 3.05) is 19.8 Å². The molecule has 0 aliphatic rings. The van der Waals surface area contributed by atoms with Gasteiger partial charge in [-0.2, -0.15) is 5.10 Å². The van der Waals surface area contributed by atoms with Gasteiger partial charge in [0.1, 0.15) is 9.71 Å². The number of fused-ring (bicyclic) bond motifs is 1. The lowest BCUT2D eigenvalue weighted by Crippen LogP contribution is -2.30. The fourth-order valence-electron chi connectivity index (χ4n) is 2.76. The Hall–Kier alpha value is -2.71. The number of carbonyl (C=O) groups excluding carboxylic acids is 2. The molecule has 2 heterocycles. The van der Waals surface area contributed by atoms with Gasteiger partial charge in [0.2, 0.25) is 0 Å². The maximum Gasteiger partial charge on any atom is 0.348 e. The van der Waals surface area contributed by atoms with Gasteiger partial charge in [-0.15, -0.1) is 11.3 Å². The predicted molar refractivity (Wildman–Crippen MR) is 113 cm³/mol. The molecule has 29 heavy (non-hydrogen) atoms. The number of carbonyl (C=O) groups is 2. The molecule has 1 N–H and O–H groups in total. The van der Waals surface area contributed by atoms with E-state index < -0.39 is 5.97 Å². The Balaban J connectivity index is 1.57. The number of hydrogen-bond donors (Lipinski definition) is 1. The SMILES string of the molecule is Cc1nn(-c2ccccc2)c2sc(C(=O)OCC(=O)NCCCOC(C)C)cc12. The molecule has 0 aliphatic heterocycles. The van der Waals surface area contributed by atoms with Gasteiger partial charge in [0, 0.05) is 18.5 Å². The lowest BCUT2D eigenvalue weighted by Gasteiger charge is -2.08. The zero-order valence-corrected chi connectivity index (χ0v) is 17.6. The number of aryl methyl sites for hydroxylation is 1. The Labute approximate surface area is 173 Å². The maximum absolute atomic E-state index is 12.4. The van der Waals surface area contributed by atoms with Gasteiger partial charge in [-0.1, -0.05) is 18.2 Å². The minimum Gasteiger partial charge on any atom is -0.451 e. The van der Waals surface area contributed by atoms with Crippen molar-refractivity contribution < 1.29 is 19.1 Å². The monoisotopic (exact) mass is 415 g/mol. The summed E-state index contributed by atoms with van der Waals surface area (Å²) >= 11 is 1.30. The van der Waals surface area contributed by atoms with Crippen molar-refractivity contribution in [1.29, 1.82) is 0 Å². The number of aromatic nitrogens is 2. The molecule has 0 unspecified atom stereocenters. The van der Waals surface area contributed by atoms with Crippen molar-refractivity contribution in [2.45, 2.75) is 33.3 Å². The van der Waals surface area contributed by atoms with Gasteiger partial charge in [0.15, 0.2) is 6.61 Å². The highest BCUT2D eigenvalue weighted by atomic mass is 32.1. The molecule has 0 radical (unpaired) electrons. The van der Waals surface area contributed by atoms with Crippen molar-refractivity contribution in [3.8, 4) is 5.69 Å². The molecule has 3 rings (SSSR count). The normalized spacial score (nSPS) is 11.2. The van der Waals surface area contributed by atoms with Gasteiger partial charge in [-0.05, 0) is 45.4 Å². The first-order valence-electron chi connectivity index (χ1n) is 9.55. The number of thiophene rings is 1. The fourth-order valence-corrected chi connectivity index (χ4v) is 3.84. The van der Waals surface area contributed by atoms with E-state index in [1.54, 1.807) is 6.07 Å². The van der Waals surface area contributed by atoms with Crippen LogP contribution in [0.25, 0.3) is 15.9 Å². The highest BCUT2D eigenvalue weighted by Crippen LogP contribution is 2.30. The number of nitrogens with zero attached hydrogens (tertiary/aromatic N) is 2. The molecule has 3 aromatic rings. The van der Waals surface area contributed by atoms with E-state index in [1.165, 1.54) is 11.3 Å². The van der Waals surface area contributed by atoms with Gasteiger partial charge in [-0.3, -0.25) is 4.79 Å². The molecule has 1 aromatic carbocycles. The van der Waals surface area contributed by atoms with Gasteiger partial charge in [0.25, 0.3) is 5.91 Å². The summed E-state index contributed by atoms with van der Waals surface area (Å²) in [5, 5.41) is 8.18. The summed E-state index contributed by atoms with van der Waals surface area (Å²) in [6.07, 6.45) is 0.884. The highest BCUT2D eigenvalue weighted by molar-refractivity contribution is 7.20. The van der Waals surface area contributed by atoms with Crippen molar-refractivity contribution in [2.24, 2.45) is 0 Å². The second-order valence-corrected chi connectivity index (χ2v) is 7.89. The summed E-state index contributed by atoms with van der Waals surface area (Å²) in [5.74, 6) is -0.834. The molecule has 154 valence electrons. The Bertz CT molecular complexity index is 979. The van der Waals surface area contributed by atoms with E-state index >= 15 is 0 Å². The van der Waals surface area contributed by atoms with Crippen LogP contribution in [0.2, 0.25) is 0 Å². The second-order valence-electron chi connectivity index (χ2n) is 6.86. The number of para-hydroxylation sites is 1. The number of benzene rings is 1. The van der Waals surface area contributed by atoms with Gasteiger partial charge in [-0.25, -0.2) is 9.48 Å². The Morgan fingerprint density at radius 2 is 2.00 bits per heavy atom. The van der Waals surface area contributed by atoms with Crippen LogP contribution in [0.1, 0.15) is 35.6 Å². The number of nitrogens with one attached hydrogen (secondary N) is 1. The summed E-state index contributed by atoms with van der Waals surface area (Å²) < 4.78 is 12.4. The zero-order chi connectivity index (χ0) is 20.8. The molecular weight excluding hydrogens is 390 g/mol. The van der Waals surface area contributed by atoms with Crippen LogP contribution < -0.4 is 5.32 Å². The lowest BCUT2D eigenvalue weighted by molar-refractivity contribution is -0.124. The first-order chi connectivity index (χ1) is 14.0. The summed E-state index contributed by atoms with van der Waals surface area (Å²) in [5.41, 5.74) is 1.76. The highest BCUT2D eigenvalue weighted by Gasteiger charge is 2.18. The third-order valence-electron chi connectivity index (χ3n) is 4.18. The number of esters is 1. The summed E-state index contributed by atoms with van der Waals surface area (Å²) in [7, 11) is 0. The van der Waals surface area contributed by atoms with Crippen LogP contribution >= 0.6 is 11.3 Å². The summed E-state index contributed by atoms with van der Waals surface area (Å²) in [6.45, 7) is 6.59. The van der Waals surface area contributed by atoms with E-state index in [1.807, 2.05) is 55.8 Å². The van der Waals surface area contributed by atoms with Crippen LogP contribution in [0.3, 0.4) is 0 Å². The second kappa shape index (κ2) is 9.67. The predicted octanol–water partition coefficient (Wildman–Crippen LogP) is 3.48. The van der Waals surface area contributed by atoms with Crippen LogP contribution in [-0.2, 0) is 14.3 Å². The minimum atomic E-state index is -0.511. The summed E-state index contributed by atoms with van der Waals surface area (Å²) in [4.78, 5) is 25.6. The zero-order valence-electron chi connectivity index (χ0n) is 16.8.